The molecule has 68 heavy (non-hydrogen) atoms. The molecule has 8 aromatic rings. The zero-order valence-corrected chi connectivity index (χ0v) is 40.4. The topological polar surface area (TPSA) is 145 Å². The summed E-state index contributed by atoms with van der Waals surface area (Å²) < 4.78 is 40.0. The van der Waals surface area contributed by atoms with E-state index in [0.717, 1.165) is 16.7 Å². The van der Waals surface area contributed by atoms with Gasteiger partial charge in [-0.25, -0.2) is 8.42 Å². The molecule has 11 heteroatoms. The lowest BCUT2D eigenvalue weighted by molar-refractivity contribution is 0.112. The van der Waals surface area contributed by atoms with Crippen LogP contribution in [0.4, 0.5) is 0 Å². The Morgan fingerprint density at radius 1 is 0.412 bits per heavy atom. The molecule has 0 atom stereocenters. The van der Waals surface area contributed by atoms with Crippen LogP contribution < -0.4 is 9.47 Å². The largest absolute Gasteiger partial charge is 0.457 e. The van der Waals surface area contributed by atoms with Gasteiger partial charge in [0, 0.05) is 41.3 Å². The van der Waals surface area contributed by atoms with E-state index >= 15 is 0 Å². The van der Waals surface area contributed by atoms with Gasteiger partial charge in [0.2, 0.25) is 0 Å². The Morgan fingerprint density at radius 3 is 1.12 bits per heavy atom. The molecule has 0 unspecified atom stereocenters. The normalized spacial score (nSPS) is 12.7. The van der Waals surface area contributed by atoms with Gasteiger partial charge >= 0.3 is 0 Å². The van der Waals surface area contributed by atoms with Crippen molar-refractivity contribution in [1.82, 2.24) is 19.9 Å². The summed E-state index contributed by atoms with van der Waals surface area (Å²) in [7, 11) is -3.99. The minimum absolute atomic E-state index is 0.0544. The van der Waals surface area contributed by atoms with Crippen molar-refractivity contribution in [3.8, 4) is 23.0 Å². The molecule has 0 fully saturated rings. The number of aliphatic hydroxyl groups is 2. The lowest BCUT2D eigenvalue weighted by Gasteiger charge is -2.34. The van der Waals surface area contributed by atoms with Gasteiger partial charge in [0.1, 0.15) is 23.0 Å². The Morgan fingerprint density at radius 2 is 0.765 bits per heavy atom. The van der Waals surface area contributed by atoms with Gasteiger partial charge in [-0.15, -0.1) is 0 Å². The first-order valence-electron chi connectivity index (χ1n) is 22.5. The van der Waals surface area contributed by atoms with Crippen LogP contribution in [0, 0.1) is 0 Å². The number of pyridine rings is 4. The maximum Gasteiger partial charge on any atom is 0.183 e. The molecular weight excluding hydrogens is 869 g/mol. The molecule has 0 aliphatic rings. The Hall–Kier alpha value is -7.05. The molecule has 0 aliphatic carbocycles. The minimum Gasteiger partial charge on any atom is -0.457 e. The number of benzene rings is 4. The van der Waals surface area contributed by atoms with Gasteiger partial charge in [0.25, 0.3) is 0 Å². The third-order valence-electron chi connectivity index (χ3n) is 12.4. The molecule has 346 valence electrons. The summed E-state index contributed by atoms with van der Waals surface area (Å²) in [5.74, 6) is 2.01. The molecule has 0 aliphatic heterocycles. The number of hydrogen-bond acceptors (Lipinski definition) is 10. The maximum atomic E-state index is 14.2. The molecule has 8 rings (SSSR count). The van der Waals surface area contributed by atoms with Gasteiger partial charge in [-0.3, -0.25) is 19.9 Å². The SMILES string of the molecule is CC(C)(C)c1ccc(Oc2ccc(C(C)(C)c3ccc(Oc4ccc(S(=O)(=O)C(C)(C)C)c(C(O)(c5ccccn5)c5ccccn5)c4)cc3)cc2)cc1C(O)(c1ccccn1)c1ccccn1. The van der Waals surface area contributed by atoms with Crippen molar-refractivity contribution >= 4 is 9.84 Å². The minimum atomic E-state index is -3.99. The average molecular weight is 925 g/mol. The molecular formula is C57H56N4O6S. The van der Waals surface area contributed by atoms with Crippen molar-refractivity contribution < 1.29 is 28.1 Å². The lowest BCUT2D eigenvalue weighted by atomic mass is 9.75. The third kappa shape index (κ3) is 9.04. The first-order chi connectivity index (χ1) is 32.2. The first kappa shape index (κ1) is 47.4. The van der Waals surface area contributed by atoms with E-state index in [1.54, 1.807) is 94.1 Å². The third-order valence-corrected chi connectivity index (χ3v) is 14.9. The lowest BCUT2D eigenvalue weighted by Crippen LogP contribution is -2.36. The van der Waals surface area contributed by atoms with E-state index in [1.165, 1.54) is 6.07 Å². The second-order valence-electron chi connectivity index (χ2n) is 19.4. The molecule has 0 saturated carbocycles. The van der Waals surface area contributed by atoms with E-state index in [-0.39, 0.29) is 27.3 Å². The molecule has 0 saturated heterocycles. The quantitative estimate of drug-likeness (QED) is 0.115. The van der Waals surface area contributed by atoms with E-state index in [0.29, 0.717) is 39.9 Å². The highest BCUT2D eigenvalue weighted by Crippen LogP contribution is 2.45. The number of sulfone groups is 1. The monoisotopic (exact) mass is 924 g/mol. The molecule has 0 spiro atoms. The van der Waals surface area contributed by atoms with Crippen LogP contribution in [0.15, 0.2) is 187 Å². The van der Waals surface area contributed by atoms with Gasteiger partial charge in [-0.2, -0.15) is 0 Å². The smallest absolute Gasteiger partial charge is 0.183 e. The summed E-state index contributed by atoms with van der Waals surface area (Å²) in [6.45, 7) is 15.5. The number of aromatic nitrogens is 4. The molecule has 0 bridgehead atoms. The van der Waals surface area contributed by atoms with Gasteiger partial charge in [0.05, 0.1) is 32.4 Å². The van der Waals surface area contributed by atoms with Crippen LogP contribution in [0.3, 0.4) is 0 Å². The van der Waals surface area contributed by atoms with Crippen LogP contribution in [0.5, 0.6) is 23.0 Å². The Labute approximate surface area is 399 Å². The standard InChI is InChI=1S/C57H56N4O6S/c1-53(2,3)45-31-29-43(37-46(45)56(62,49-17-9-13-33-58-49)50-18-10-14-34-59-50)66-41-25-21-39(22-26-41)55(7,8)40-23-27-42(28-24-40)67-44-30-32-48(68(64,65)54(4,5)6)47(38-44)57(63,51-19-11-15-35-60-51)52-20-12-16-36-61-52/h9-38,62-63H,1-8H3. The van der Waals surface area contributed by atoms with Crippen LogP contribution in [-0.2, 0) is 31.9 Å². The summed E-state index contributed by atoms with van der Waals surface area (Å²) in [6, 6.07) is 47.3. The van der Waals surface area contributed by atoms with E-state index < -0.39 is 31.2 Å². The molecule has 4 aromatic heterocycles. The summed E-state index contributed by atoms with van der Waals surface area (Å²) in [4.78, 5) is 18.1. The molecule has 0 radical (unpaired) electrons. The fraction of sp³-hybridized carbons (Fsp3) is 0.228. The number of nitrogens with zero attached hydrogens (tertiary/aromatic N) is 4. The Bertz CT molecular complexity index is 3040. The van der Waals surface area contributed by atoms with Crippen molar-refractivity contribution in [1.29, 1.82) is 0 Å². The molecule has 4 heterocycles. The van der Waals surface area contributed by atoms with Crippen LogP contribution in [-0.4, -0.2) is 43.3 Å². The second-order valence-corrected chi connectivity index (χ2v) is 22.1. The predicted molar refractivity (Wildman–Crippen MR) is 265 cm³/mol. The fourth-order valence-electron chi connectivity index (χ4n) is 8.40. The predicted octanol–water partition coefficient (Wildman–Crippen LogP) is 11.6. The van der Waals surface area contributed by atoms with Crippen molar-refractivity contribution in [3.63, 3.8) is 0 Å². The highest BCUT2D eigenvalue weighted by atomic mass is 32.2. The Balaban J connectivity index is 1.07. The van der Waals surface area contributed by atoms with Crippen molar-refractivity contribution in [3.05, 3.63) is 233 Å². The van der Waals surface area contributed by atoms with Crippen LogP contribution in [0.25, 0.3) is 0 Å². The van der Waals surface area contributed by atoms with Gasteiger partial charge in [-0.1, -0.05) is 89.2 Å². The Kier molecular flexibility index (Phi) is 12.7. The molecule has 0 amide bonds. The molecule has 2 N–H and O–H groups in total. The number of rotatable bonds is 13. The zero-order valence-electron chi connectivity index (χ0n) is 39.5. The molecule has 4 aromatic carbocycles. The van der Waals surface area contributed by atoms with Gasteiger partial charge in [-0.05, 0) is 146 Å². The number of ether oxygens (including phenoxy) is 2. The van der Waals surface area contributed by atoms with Crippen molar-refractivity contribution in [2.75, 3.05) is 0 Å². The van der Waals surface area contributed by atoms with E-state index in [1.807, 2.05) is 103 Å². The zero-order chi connectivity index (χ0) is 48.5. The summed E-state index contributed by atoms with van der Waals surface area (Å²) in [5.41, 5.74) is 0.568. The van der Waals surface area contributed by atoms with E-state index in [9.17, 15) is 18.6 Å². The van der Waals surface area contributed by atoms with Crippen molar-refractivity contribution in [2.24, 2.45) is 0 Å². The molecule has 10 nitrogen and oxygen atoms in total. The maximum absolute atomic E-state index is 14.2. The number of hydrogen-bond donors (Lipinski definition) is 2. The van der Waals surface area contributed by atoms with Crippen molar-refractivity contribution in [2.45, 2.75) is 87.1 Å². The summed E-state index contributed by atoms with van der Waals surface area (Å²) in [6.07, 6.45) is 6.44. The van der Waals surface area contributed by atoms with E-state index in [4.69, 9.17) is 9.47 Å². The summed E-state index contributed by atoms with van der Waals surface area (Å²) in [5, 5.41) is 25.5. The average Bonchev–Trinajstić information content (AvgIpc) is 3.34. The highest BCUT2D eigenvalue weighted by molar-refractivity contribution is 7.92. The van der Waals surface area contributed by atoms with Gasteiger partial charge in [0.15, 0.2) is 21.0 Å². The van der Waals surface area contributed by atoms with Crippen LogP contribution in [0.1, 0.15) is 106 Å². The first-order valence-corrected chi connectivity index (χ1v) is 23.9. The van der Waals surface area contributed by atoms with Crippen LogP contribution in [0.2, 0.25) is 0 Å². The second kappa shape index (κ2) is 18.2. The highest BCUT2D eigenvalue weighted by Gasteiger charge is 2.44. The van der Waals surface area contributed by atoms with Gasteiger partial charge < -0.3 is 19.7 Å². The fourth-order valence-corrected chi connectivity index (χ4v) is 9.80. The summed E-state index contributed by atoms with van der Waals surface area (Å²) >= 11 is 0. The van der Waals surface area contributed by atoms with E-state index in [2.05, 4.69) is 54.6 Å². The van der Waals surface area contributed by atoms with Crippen LogP contribution >= 0.6 is 0 Å².